The maximum Gasteiger partial charge on any atom is 0.196 e. The van der Waals surface area contributed by atoms with E-state index in [1.807, 2.05) is 7.05 Å². The van der Waals surface area contributed by atoms with Gasteiger partial charge in [-0.05, 0) is 60.2 Å². The molecular weight excluding hydrogens is 366 g/mol. The van der Waals surface area contributed by atoms with Crippen molar-refractivity contribution in [3.63, 3.8) is 0 Å². The number of guanidine groups is 1. The smallest absolute Gasteiger partial charge is 0.196 e. The Hall–Kier alpha value is -0.730. The third kappa shape index (κ3) is 10.1. The van der Waals surface area contributed by atoms with Crippen molar-refractivity contribution < 1.29 is 0 Å². The van der Waals surface area contributed by atoms with E-state index >= 15 is 0 Å². The van der Waals surface area contributed by atoms with Crippen LogP contribution in [0.4, 0.5) is 0 Å². The molecule has 0 N–H and O–H groups in total. The second-order valence-electron chi connectivity index (χ2n) is 13.5. The second-order valence-corrected chi connectivity index (χ2v) is 13.5. The molecule has 1 rings (SSSR count). The summed E-state index contributed by atoms with van der Waals surface area (Å²) in [5.74, 6) is 1.23. The Morgan fingerprint density at radius 1 is 0.700 bits per heavy atom. The summed E-state index contributed by atoms with van der Waals surface area (Å²) in [6.07, 6.45) is 8.96. The van der Waals surface area contributed by atoms with Crippen molar-refractivity contribution in [2.75, 3.05) is 33.2 Å². The van der Waals surface area contributed by atoms with E-state index in [0.717, 1.165) is 26.2 Å². The molecule has 0 radical (unpaired) electrons. The van der Waals surface area contributed by atoms with Gasteiger partial charge in [0.1, 0.15) is 0 Å². The highest BCUT2D eigenvalue weighted by molar-refractivity contribution is 5.81. The van der Waals surface area contributed by atoms with Crippen molar-refractivity contribution in [2.24, 2.45) is 26.7 Å². The van der Waals surface area contributed by atoms with Gasteiger partial charge >= 0.3 is 0 Å². The van der Waals surface area contributed by atoms with Crippen molar-refractivity contribution in [1.29, 1.82) is 0 Å². The van der Waals surface area contributed by atoms with Crippen LogP contribution in [-0.2, 0) is 0 Å². The SMILES string of the molecule is CCC(C)(C)CC(C)(C)CCCN1CCN(CCCC(C)(C)CC(C)(C)C)C1=NC. The molecule has 30 heavy (non-hydrogen) atoms. The Morgan fingerprint density at radius 3 is 1.50 bits per heavy atom. The lowest BCUT2D eigenvalue weighted by molar-refractivity contribution is 0.171. The molecule has 0 aromatic rings. The van der Waals surface area contributed by atoms with Gasteiger partial charge in [0.05, 0.1) is 0 Å². The second kappa shape index (κ2) is 10.7. The summed E-state index contributed by atoms with van der Waals surface area (Å²) in [4.78, 5) is 9.74. The topological polar surface area (TPSA) is 18.8 Å². The molecule has 0 bridgehead atoms. The Kier molecular flexibility index (Phi) is 9.76. The molecule has 0 aliphatic carbocycles. The molecule has 3 heteroatoms. The van der Waals surface area contributed by atoms with Gasteiger partial charge in [0.25, 0.3) is 0 Å². The lowest BCUT2D eigenvalue weighted by Crippen LogP contribution is -2.35. The third-order valence-corrected chi connectivity index (χ3v) is 6.89. The fraction of sp³-hybridized carbons (Fsp3) is 0.963. The molecule has 0 atom stereocenters. The molecule has 0 saturated carbocycles. The number of hydrogen-bond acceptors (Lipinski definition) is 1. The van der Waals surface area contributed by atoms with Crippen LogP contribution in [0.25, 0.3) is 0 Å². The minimum atomic E-state index is 0.407. The molecule has 0 spiro atoms. The van der Waals surface area contributed by atoms with Crippen LogP contribution in [0.2, 0.25) is 0 Å². The fourth-order valence-electron chi connectivity index (χ4n) is 5.88. The monoisotopic (exact) mass is 421 g/mol. The van der Waals surface area contributed by atoms with Gasteiger partial charge in [0.2, 0.25) is 0 Å². The molecule has 0 amide bonds. The van der Waals surface area contributed by atoms with Crippen molar-refractivity contribution in [1.82, 2.24) is 9.80 Å². The number of nitrogens with zero attached hydrogens (tertiary/aromatic N) is 3. The average molecular weight is 422 g/mol. The molecule has 0 aromatic carbocycles. The summed E-state index contributed by atoms with van der Waals surface area (Å²) < 4.78 is 0. The summed E-state index contributed by atoms with van der Waals surface area (Å²) in [6.45, 7) is 28.6. The minimum absolute atomic E-state index is 0.407. The lowest BCUT2D eigenvalue weighted by Gasteiger charge is -2.35. The van der Waals surface area contributed by atoms with Crippen molar-refractivity contribution in [3.05, 3.63) is 0 Å². The fourth-order valence-corrected chi connectivity index (χ4v) is 5.88. The third-order valence-electron chi connectivity index (χ3n) is 6.89. The normalized spacial score (nSPS) is 18.0. The van der Waals surface area contributed by atoms with Gasteiger partial charge in [0.15, 0.2) is 5.96 Å². The van der Waals surface area contributed by atoms with Gasteiger partial charge in [-0.15, -0.1) is 0 Å². The van der Waals surface area contributed by atoms with Gasteiger partial charge < -0.3 is 9.80 Å². The van der Waals surface area contributed by atoms with Crippen molar-refractivity contribution >= 4 is 5.96 Å². The quantitative estimate of drug-likeness (QED) is 0.325. The van der Waals surface area contributed by atoms with Crippen LogP contribution in [0.5, 0.6) is 0 Å². The Labute approximate surface area is 190 Å². The maximum absolute atomic E-state index is 4.68. The van der Waals surface area contributed by atoms with Crippen LogP contribution in [0.3, 0.4) is 0 Å². The molecule has 1 saturated heterocycles. The van der Waals surface area contributed by atoms with Gasteiger partial charge in [0, 0.05) is 33.2 Å². The van der Waals surface area contributed by atoms with Crippen molar-refractivity contribution in [2.45, 2.75) is 114 Å². The molecule has 0 aromatic heterocycles. The Balaban J connectivity index is 2.47. The van der Waals surface area contributed by atoms with Crippen LogP contribution < -0.4 is 0 Å². The highest BCUT2D eigenvalue weighted by atomic mass is 15.4. The largest absolute Gasteiger partial charge is 0.341 e. The number of hydrogen-bond donors (Lipinski definition) is 0. The van der Waals surface area contributed by atoms with E-state index in [0.29, 0.717) is 21.7 Å². The molecule has 1 aliphatic heterocycles. The standard InChI is InChI=1S/C27H55N3/c1-12-25(5,6)22-27(9,10)16-14-18-30-20-19-29(23(30)28-11)17-13-15-26(7,8)21-24(2,3)4/h12-22H2,1-11H3. The van der Waals surface area contributed by atoms with E-state index in [1.165, 1.54) is 50.9 Å². The van der Waals surface area contributed by atoms with Crippen molar-refractivity contribution in [3.8, 4) is 0 Å². The van der Waals surface area contributed by atoms with Crippen LogP contribution in [-0.4, -0.2) is 49.0 Å². The lowest BCUT2D eigenvalue weighted by atomic mass is 9.72. The molecule has 1 aliphatic rings. The maximum atomic E-state index is 4.68. The summed E-state index contributed by atoms with van der Waals surface area (Å²) >= 11 is 0. The summed E-state index contributed by atoms with van der Waals surface area (Å²) in [6, 6.07) is 0. The van der Waals surface area contributed by atoms with Gasteiger partial charge in [-0.3, -0.25) is 4.99 Å². The first-order valence-electron chi connectivity index (χ1n) is 12.6. The van der Waals surface area contributed by atoms with Gasteiger partial charge in [-0.1, -0.05) is 75.7 Å². The molecular formula is C27H55N3. The van der Waals surface area contributed by atoms with E-state index < -0.39 is 0 Å². The van der Waals surface area contributed by atoms with Crippen LogP contribution in [0.1, 0.15) is 114 Å². The molecule has 1 heterocycles. The van der Waals surface area contributed by atoms with Gasteiger partial charge in [-0.25, -0.2) is 0 Å². The van der Waals surface area contributed by atoms with E-state index in [9.17, 15) is 0 Å². The van der Waals surface area contributed by atoms with E-state index in [4.69, 9.17) is 0 Å². The Bertz CT molecular complexity index is 537. The van der Waals surface area contributed by atoms with Crippen LogP contribution in [0, 0.1) is 21.7 Å². The first-order valence-corrected chi connectivity index (χ1v) is 12.6. The van der Waals surface area contributed by atoms with E-state index in [-0.39, 0.29) is 0 Å². The predicted octanol–water partition coefficient (Wildman–Crippen LogP) is 7.47. The zero-order chi connectivity index (χ0) is 23.2. The van der Waals surface area contributed by atoms with Gasteiger partial charge in [-0.2, -0.15) is 0 Å². The molecule has 1 fully saturated rings. The molecule has 0 unspecified atom stereocenters. The first-order chi connectivity index (χ1) is 13.6. The highest BCUT2D eigenvalue weighted by Gasteiger charge is 2.30. The zero-order valence-electron chi connectivity index (χ0n) is 22.6. The first kappa shape index (κ1) is 27.3. The van der Waals surface area contributed by atoms with Crippen LogP contribution >= 0.6 is 0 Å². The van der Waals surface area contributed by atoms with Crippen LogP contribution in [0.15, 0.2) is 4.99 Å². The average Bonchev–Trinajstić information content (AvgIpc) is 2.93. The number of aliphatic imine (C=N–C) groups is 1. The zero-order valence-corrected chi connectivity index (χ0v) is 22.6. The molecule has 178 valence electrons. The highest BCUT2D eigenvalue weighted by Crippen LogP contribution is 2.39. The predicted molar refractivity (Wildman–Crippen MR) is 135 cm³/mol. The summed E-state index contributed by atoms with van der Waals surface area (Å²) in [7, 11) is 1.97. The minimum Gasteiger partial charge on any atom is -0.341 e. The Morgan fingerprint density at radius 2 is 1.13 bits per heavy atom. The molecule has 3 nitrogen and oxygen atoms in total. The summed E-state index contributed by atoms with van der Waals surface area (Å²) in [5.41, 5.74) is 1.69. The van der Waals surface area contributed by atoms with E-state index in [1.54, 1.807) is 0 Å². The number of rotatable bonds is 12. The summed E-state index contributed by atoms with van der Waals surface area (Å²) in [5, 5.41) is 0. The van der Waals surface area contributed by atoms with E-state index in [2.05, 4.69) is 84.0 Å².